The second-order valence-electron chi connectivity index (χ2n) is 7.88. The number of aromatic nitrogens is 1. The summed E-state index contributed by atoms with van der Waals surface area (Å²) in [6.07, 6.45) is 4.69. The number of aryl methyl sites for hydroxylation is 1. The van der Waals surface area contributed by atoms with E-state index < -0.39 is 5.91 Å². The number of nitrogens with one attached hydrogen (secondary N) is 1. The Hall–Kier alpha value is -2.61. The van der Waals surface area contributed by atoms with Gasteiger partial charge in [-0.25, -0.2) is 9.78 Å². The van der Waals surface area contributed by atoms with Crippen LogP contribution in [0.4, 0.5) is 10.5 Å². The molecule has 4 heterocycles. The van der Waals surface area contributed by atoms with E-state index in [1.807, 2.05) is 13.0 Å². The van der Waals surface area contributed by atoms with Crippen LogP contribution >= 0.6 is 0 Å². The summed E-state index contributed by atoms with van der Waals surface area (Å²) in [5.41, 5.74) is 6.80. The first kappa shape index (κ1) is 18.7. The van der Waals surface area contributed by atoms with Crippen LogP contribution in [0.3, 0.4) is 0 Å². The number of hydrogen-bond donors (Lipinski definition) is 2. The predicted octanol–water partition coefficient (Wildman–Crippen LogP) is 2.72. The third-order valence-electron chi connectivity index (χ3n) is 5.92. The predicted molar refractivity (Wildman–Crippen MR) is 106 cm³/mol. The molecule has 2 fully saturated rings. The number of nitrogens with two attached hydrogens (primary N) is 1. The largest absolute Gasteiger partial charge is 0.430 e. The first-order valence-corrected chi connectivity index (χ1v) is 9.95. The summed E-state index contributed by atoms with van der Waals surface area (Å²) in [5, 5.41) is 3.42. The van der Waals surface area contributed by atoms with Crippen LogP contribution in [0, 0.1) is 6.92 Å². The fourth-order valence-corrected chi connectivity index (χ4v) is 4.41. The number of fused-ring (bicyclic) bond motifs is 1. The average molecular weight is 385 g/mol. The van der Waals surface area contributed by atoms with Gasteiger partial charge in [-0.1, -0.05) is 6.42 Å². The van der Waals surface area contributed by atoms with Gasteiger partial charge in [0, 0.05) is 30.9 Å². The van der Waals surface area contributed by atoms with Crippen LogP contribution in [-0.2, 0) is 0 Å². The summed E-state index contributed by atoms with van der Waals surface area (Å²) < 4.78 is 5.51. The van der Waals surface area contributed by atoms with E-state index in [-0.39, 0.29) is 11.8 Å². The van der Waals surface area contributed by atoms with Gasteiger partial charge in [0.25, 0.3) is 5.91 Å². The van der Waals surface area contributed by atoms with Crippen molar-refractivity contribution >= 4 is 28.7 Å². The average Bonchev–Trinajstić information content (AvgIpc) is 3.27. The molecule has 28 heavy (non-hydrogen) atoms. The number of carbonyl (C=O) groups is 2. The van der Waals surface area contributed by atoms with E-state index in [1.165, 1.54) is 19.3 Å². The number of furan rings is 1. The lowest BCUT2D eigenvalue weighted by molar-refractivity contribution is 0.0976. The molecule has 2 saturated heterocycles. The molecule has 150 valence electrons. The van der Waals surface area contributed by atoms with E-state index >= 15 is 0 Å². The molecule has 0 aromatic carbocycles. The minimum absolute atomic E-state index is 0.0677. The van der Waals surface area contributed by atoms with E-state index in [2.05, 4.69) is 22.1 Å². The van der Waals surface area contributed by atoms with Gasteiger partial charge in [0.05, 0.1) is 5.39 Å². The molecule has 0 unspecified atom stereocenters. The van der Waals surface area contributed by atoms with Crippen molar-refractivity contribution in [3.8, 4) is 0 Å². The molecular weight excluding hydrogens is 358 g/mol. The summed E-state index contributed by atoms with van der Waals surface area (Å²) in [7, 11) is 0. The summed E-state index contributed by atoms with van der Waals surface area (Å²) in [4.78, 5) is 33.3. The Morgan fingerprint density at radius 3 is 2.82 bits per heavy atom. The summed E-state index contributed by atoms with van der Waals surface area (Å²) in [6, 6.07) is 4.31. The number of primary amides is 1. The topological polar surface area (TPSA) is 105 Å². The molecule has 0 radical (unpaired) electrons. The number of hydrogen-bond acceptors (Lipinski definition) is 5. The molecule has 2 atom stereocenters. The highest BCUT2D eigenvalue weighted by molar-refractivity contribution is 6.09. The third kappa shape index (κ3) is 3.44. The maximum absolute atomic E-state index is 12.9. The Labute approximate surface area is 164 Å². The molecule has 2 aliphatic rings. The molecule has 0 saturated carbocycles. The van der Waals surface area contributed by atoms with Crippen LogP contribution in [0.25, 0.3) is 11.1 Å². The Bertz CT molecular complexity index is 909. The van der Waals surface area contributed by atoms with Gasteiger partial charge in [-0.15, -0.1) is 0 Å². The van der Waals surface area contributed by atoms with Crippen LogP contribution in [0.15, 0.2) is 16.5 Å². The molecule has 2 aliphatic heterocycles. The lowest BCUT2D eigenvalue weighted by Crippen LogP contribution is -2.46. The van der Waals surface area contributed by atoms with Crippen LogP contribution in [0.2, 0.25) is 0 Å². The smallest absolute Gasteiger partial charge is 0.322 e. The normalized spacial score (nSPS) is 23.3. The van der Waals surface area contributed by atoms with Crippen molar-refractivity contribution in [2.45, 2.75) is 51.6 Å². The number of carbonyl (C=O) groups excluding carboxylic acids is 2. The number of rotatable bonds is 3. The van der Waals surface area contributed by atoms with E-state index in [0.29, 0.717) is 42.0 Å². The van der Waals surface area contributed by atoms with Gasteiger partial charge in [-0.3, -0.25) is 9.69 Å². The van der Waals surface area contributed by atoms with Crippen LogP contribution in [0.1, 0.15) is 48.9 Å². The fourth-order valence-electron chi connectivity index (χ4n) is 4.41. The van der Waals surface area contributed by atoms with Crippen molar-refractivity contribution in [1.29, 1.82) is 0 Å². The molecule has 8 heteroatoms. The number of piperidine rings is 1. The van der Waals surface area contributed by atoms with Gasteiger partial charge in [0.1, 0.15) is 5.69 Å². The molecule has 2 aromatic heterocycles. The molecule has 0 bridgehead atoms. The van der Waals surface area contributed by atoms with E-state index in [0.717, 1.165) is 18.7 Å². The lowest BCUT2D eigenvalue weighted by atomic mass is 10.0. The van der Waals surface area contributed by atoms with E-state index in [9.17, 15) is 9.59 Å². The number of urea groups is 1. The maximum atomic E-state index is 12.9. The van der Waals surface area contributed by atoms with Crippen LogP contribution in [0.5, 0.6) is 0 Å². The minimum Gasteiger partial charge on any atom is -0.430 e. The van der Waals surface area contributed by atoms with Crippen molar-refractivity contribution < 1.29 is 14.0 Å². The Balaban J connectivity index is 1.51. The molecule has 4 rings (SSSR count). The van der Waals surface area contributed by atoms with Gasteiger partial charge < -0.3 is 20.4 Å². The molecule has 8 nitrogen and oxygen atoms in total. The highest BCUT2D eigenvalue weighted by atomic mass is 16.4. The quantitative estimate of drug-likeness (QED) is 0.845. The minimum atomic E-state index is -0.729. The third-order valence-corrected chi connectivity index (χ3v) is 5.92. The highest BCUT2D eigenvalue weighted by Gasteiger charge is 2.34. The van der Waals surface area contributed by atoms with Crippen molar-refractivity contribution in [1.82, 2.24) is 14.8 Å². The molecule has 0 aliphatic carbocycles. The first-order chi connectivity index (χ1) is 13.4. The molecule has 3 N–H and O–H groups in total. The standard InChI is InChI=1S/C20H27N5O3/c1-12-6-7-15-16(17(18(21)26)28-19(15)22-12)23-20(27)24-10-8-14(11-24)25-9-4-3-5-13(25)2/h6-7,13-14H,3-5,8-11H2,1-2H3,(H2,21,26)(H,23,27)/t13-,14+/m0/s1. The zero-order chi connectivity index (χ0) is 19.8. The highest BCUT2D eigenvalue weighted by Crippen LogP contribution is 2.31. The van der Waals surface area contributed by atoms with Crippen molar-refractivity contribution in [2.24, 2.45) is 5.73 Å². The van der Waals surface area contributed by atoms with Gasteiger partial charge in [0.2, 0.25) is 11.5 Å². The molecule has 0 spiro atoms. The second-order valence-corrected chi connectivity index (χ2v) is 7.88. The first-order valence-electron chi connectivity index (χ1n) is 9.95. The van der Waals surface area contributed by atoms with Gasteiger partial charge in [0.15, 0.2) is 0 Å². The number of nitrogens with zero attached hydrogens (tertiary/aromatic N) is 3. The van der Waals surface area contributed by atoms with Gasteiger partial charge >= 0.3 is 6.03 Å². The van der Waals surface area contributed by atoms with Crippen LogP contribution < -0.4 is 11.1 Å². The molecule has 2 aromatic rings. The van der Waals surface area contributed by atoms with E-state index in [1.54, 1.807) is 11.0 Å². The lowest BCUT2D eigenvalue weighted by Gasteiger charge is -2.37. The van der Waals surface area contributed by atoms with Crippen LogP contribution in [-0.4, -0.2) is 58.4 Å². The number of likely N-dealkylation sites (tertiary alicyclic amines) is 2. The molecule has 3 amide bonds. The second kappa shape index (κ2) is 7.43. The monoisotopic (exact) mass is 385 g/mol. The zero-order valence-electron chi connectivity index (χ0n) is 16.4. The Kier molecular flexibility index (Phi) is 4.97. The van der Waals surface area contributed by atoms with Gasteiger partial charge in [-0.2, -0.15) is 0 Å². The summed E-state index contributed by atoms with van der Waals surface area (Å²) in [6.45, 7) is 6.59. The number of amides is 3. The Morgan fingerprint density at radius 2 is 2.07 bits per heavy atom. The zero-order valence-corrected chi connectivity index (χ0v) is 16.4. The molecular formula is C20H27N5O3. The summed E-state index contributed by atoms with van der Waals surface area (Å²) in [5.74, 6) is -0.797. The fraction of sp³-hybridized carbons (Fsp3) is 0.550. The van der Waals surface area contributed by atoms with Crippen molar-refractivity contribution in [2.75, 3.05) is 25.0 Å². The maximum Gasteiger partial charge on any atom is 0.322 e. The van der Waals surface area contributed by atoms with Crippen molar-refractivity contribution in [3.05, 3.63) is 23.6 Å². The van der Waals surface area contributed by atoms with E-state index in [4.69, 9.17) is 10.2 Å². The van der Waals surface area contributed by atoms with Gasteiger partial charge in [-0.05, 0) is 51.8 Å². The van der Waals surface area contributed by atoms with Crippen molar-refractivity contribution in [3.63, 3.8) is 0 Å². The number of anilines is 1. The SMILES string of the molecule is Cc1ccc2c(NC(=O)N3CC[C@@H](N4CCCC[C@@H]4C)C3)c(C(N)=O)oc2n1. The summed E-state index contributed by atoms with van der Waals surface area (Å²) >= 11 is 0. The number of pyridine rings is 1. The Morgan fingerprint density at radius 1 is 1.25 bits per heavy atom.